The summed E-state index contributed by atoms with van der Waals surface area (Å²) in [6.07, 6.45) is -0.618. The molecule has 6 nitrogen and oxygen atoms in total. The van der Waals surface area contributed by atoms with Crippen LogP contribution in [0.3, 0.4) is 0 Å². The lowest BCUT2D eigenvalue weighted by molar-refractivity contribution is -0.195. The van der Waals surface area contributed by atoms with Gasteiger partial charge in [0, 0.05) is 5.56 Å². The molecule has 0 bridgehead atoms. The molecular formula is C20H28BrFNO5Si. The number of cyclic esters (lactones) is 1. The zero-order chi connectivity index (χ0) is 21.5. The van der Waals surface area contributed by atoms with Gasteiger partial charge < -0.3 is 13.9 Å². The standard InChI is InChI=1S/C20H28BrFNO5Si/c1-11-16-15(10-26-29(6)20(2,3)4)28-23(17(16)19(24)27-11)9-12-14(22)8-7-13(21)18(12)25-5/h7-8,11,15-17H,9-10H2,1-6H3/t11-,15-,16+,17-/m0/s1. The van der Waals surface area contributed by atoms with Crippen LogP contribution in [0.2, 0.25) is 11.6 Å². The minimum absolute atomic E-state index is 0.0666. The van der Waals surface area contributed by atoms with Crippen molar-refractivity contribution in [3.63, 3.8) is 0 Å². The van der Waals surface area contributed by atoms with E-state index in [2.05, 4.69) is 43.2 Å². The van der Waals surface area contributed by atoms with E-state index < -0.39 is 20.9 Å². The topological polar surface area (TPSA) is 57.2 Å². The van der Waals surface area contributed by atoms with Gasteiger partial charge in [-0.3, -0.25) is 9.63 Å². The van der Waals surface area contributed by atoms with Crippen molar-refractivity contribution in [2.75, 3.05) is 13.7 Å². The molecule has 3 rings (SSSR count). The van der Waals surface area contributed by atoms with Crippen molar-refractivity contribution in [3.05, 3.63) is 28.0 Å². The molecule has 0 N–H and O–H groups in total. The number of carbonyl (C=O) groups excluding carboxylic acids is 1. The molecule has 1 aromatic carbocycles. The molecule has 9 heteroatoms. The maximum Gasteiger partial charge on any atom is 0.326 e. The smallest absolute Gasteiger partial charge is 0.326 e. The predicted molar refractivity (Wildman–Crippen MR) is 111 cm³/mol. The zero-order valence-corrected chi connectivity index (χ0v) is 20.2. The van der Waals surface area contributed by atoms with Gasteiger partial charge >= 0.3 is 5.97 Å². The normalized spacial score (nSPS) is 27.4. The number of hydrogen-bond acceptors (Lipinski definition) is 6. The molecule has 1 radical (unpaired) electrons. The lowest BCUT2D eigenvalue weighted by Gasteiger charge is -2.27. The fraction of sp³-hybridized carbons (Fsp3) is 0.650. The van der Waals surface area contributed by atoms with Crippen LogP contribution in [0.5, 0.6) is 5.75 Å². The Hall–Kier alpha value is -1.00. The number of ether oxygens (including phenoxy) is 2. The maximum absolute atomic E-state index is 14.6. The average molecular weight is 489 g/mol. The highest BCUT2D eigenvalue weighted by Gasteiger charge is 2.56. The fourth-order valence-electron chi connectivity index (χ4n) is 3.67. The molecule has 2 fully saturated rings. The third-order valence-corrected chi connectivity index (χ3v) is 8.99. The Morgan fingerprint density at radius 2 is 2.03 bits per heavy atom. The van der Waals surface area contributed by atoms with Crippen LogP contribution in [0.15, 0.2) is 16.6 Å². The zero-order valence-electron chi connectivity index (χ0n) is 17.6. The van der Waals surface area contributed by atoms with Gasteiger partial charge in [-0.25, -0.2) is 4.39 Å². The first-order valence-corrected chi connectivity index (χ1v) is 12.4. The molecule has 1 aromatic rings. The molecule has 0 spiro atoms. The van der Waals surface area contributed by atoms with Crippen molar-refractivity contribution in [2.24, 2.45) is 5.92 Å². The Balaban J connectivity index is 1.82. The molecule has 0 aromatic heterocycles. The SMILES string of the molecule is COc1c(Br)ccc(F)c1CN1O[C@@H](CO[Si](C)C(C)(C)C)[C@H]2[C@H](C)OC(=O)[C@H]21. The van der Waals surface area contributed by atoms with Crippen LogP contribution in [0.25, 0.3) is 0 Å². The van der Waals surface area contributed by atoms with Crippen molar-refractivity contribution >= 4 is 30.9 Å². The van der Waals surface area contributed by atoms with Crippen LogP contribution in [-0.4, -0.2) is 52.0 Å². The summed E-state index contributed by atoms with van der Waals surface area (Å²) in [6.45, 7) is 10.9. The van der Waals surface area contributed by atoms with Crippen molar-refractivity contribution in [3.8, 4) is 5.75 Å². The van der Waals surface area contributed by atoms with E-state index in [1.165, 1.54) is 18.2 Å². The monoisotopic (exact) mass is 488 g/mol. The molecule has 29 heavy (non-hydrogen) atoms. The first-order valence-electron chi connectivity index (χ1n) is 9.66. The number of nitrogens with zero attached hydrogens (tertiary/aromatic N) is 1. The van der Waals surface area contributed by atoms with E-state index in [-0.39, 0.29) is 35.7 Å². The van der Waals surface area contributed by atoms with E-state index in [0.717, 1.165) is 0 Å². The molecule has 161 valence electrons. The van der Waals surface area contributed by atoms with E-state index in [4.69, 9.17) is 18.7 Å². The summed E-state index contributed by atoms with van der Waals surface area (Å²) >= 11 is 3.38. The average Bonchev–Trinajstić information content (AvgIpc) is 3.14. The maximum atomic E-state index is 14.6. The Bertz CT molecular complexity index is 774. The second-order valence-electron chi connectivity index (χ2n) is 8.54. The number of esters is 1. The lowest BCUT2D eigenvalue weighted by Crippen LogP contribution is -2.36. The number of benzene rings is 1. The van der Waals surface area contributed by atoms with Gasteiger partial charge in [0.15, 0.2) is 0 Å². The Morgan fingerprint density at radius 3 is 2.66 bits per heavy atom. The van der Waals surface area contributed by atoms with Crippen LogP contribution in [0.1, 0.15) is 33.3 Å². The van der Waals surface area contributed by atoms with Crippen LogP contribution >= 0.6 is 15.9 Å². The van der Waals surface area contributed by atoms with E-state index in [1.807, 2.05) is 6.92 Å². The van der Waals surface area contributed by atoms with Crippen LogP contribution < -0.4 is 4.74 Å². The van der Waals surface area contributed by atoms with Gasteiger partial charge in [0.1, 0.15) is 29.8 Å². The largest absolute Gasteiger partial charge is 0.495 e. The molecule has 0 aliphatic carbocycles. The molecule has 0 amide bonds. The molecule has 0 saturated carbocycles. The third-order valence-electron chi connectivity index (χ3n) is 5.65. The predicted octanol–water partition coefficient (Wildman–Crippen LogP) is 4.08. The second-order valence-corrected chi connectivity index (χ2v) is 12.3. The van der Waals surface area contributed by atoms with Gasteiger partial charge in [-0.1, -0.05) is 20.8 Å². The van der Waals surface area contributed by atoms with Crippen molar-refractivity contribution < 1.29 is 27.9 Å². The second kappa shape index (κ2) is 8.62. The molecule has 0 unspecified atom stereocenters. The number of fused-ring (bicyclic) bond motifs is 1. The van der Waals surface area contributed by atoms with E-state index >= 15 is 0 Å². The van der Waals surface area contributed by atoms with Crippen LogP contribution in [0, 0.1) is 11.7 Å². The van der Waals surface area contributed by atoms with Gasteiger partial charge in [-0.15, -0.1) is 0 Å². The highest BCUT2D eigenvalue weighted by molar-refractivity contribution is 9.10. The molecule has 2 aliphatic rings. The minimum Gasteiger partial charge on any atom is -0.495 e. The fourth-order valence-corrected chi connectivity index (χ4v) is 5.05. The van der Waals surface area contributed by atoms with Crippen molar-refractivity contribution in [1.82, 2.24) is 5.06 Å². The highest BCUT2D eigenvalue weighted by Crippen LogP contribution is 2.41. The summed E-state index contributed by atoms with van der Waals surface area (Å²) < 4.78 is 32.2. The van der Waals surface area contributed by atoms with Crippen LogP contribution in [0.4, 0.5) is 4.39 Å². The number of methoxy groups -OCH3 is 1. The quantitative estimate of drug-likeness (QED) is 0.444. The number of hydroxylamine groups is 2. The Kier molecular flexibility index (Phi) is 6.74. The van der Waals surface area contributed by atoms with Crippen LogP contribution in [-0.2, 0) is 25.3 Å². The summed E-state index contributed by atoms with van der Waals surface area (Å²) in [4.78, 5) is 18.6. The Labute approximate surface area is 181 Å². The van der Waals surface area contributed by atoms with Crippen molar-refractivity contribution in [1.29, 1.82) is 0 Å². The van der Waals surface area contributed by atoms with Gasteiger partial charge in [-0.05, 0) is 46.6 Å². The van der Waals surface area contributed by atoms with Gasteiger partial charge in [0.2, 0.25) is 9.04 Å². The molecule has 2 saturated heterocycles. The van der Waals surface area contributed by atoms with E-state index in [0.29, 0.717) is 22.4 Å². The van der Waals surface area contributed by atoms with Gasteiger partial charge in [0.25, 0.3) is 0 Å². The van der Waals surface area contributed by atoms with Crippen molar-refractivity contribution in [2.45, 2.75) is 64.1 Å². The first kappa shape index (κ1) is 22.7. The van der Waals surface area contributed by atoms with E-state index in [1.54, 1.807) is 6.07 Å². The molecule has 2 aliphatic heterocycles. The summed E-state index contributed by atoms with van der Waals surface area (Å²) in [5, 5.41) is 1.61. The lowest BCUT2D eigenvalue weighted by atomic mass is 9.93. The van der Waals surface area contributed by atoms with Gasteiger partial charge in [-0.2, -0.15) is 5.06 Å². The summed E-state index contributed by atoms with van der Waals surface area (Å²) in [5.74, 6) is -0.553. The minimum atomic E-state index is -1.06. The third kappa shape index (κ3) is 4.53. The molecule has 2 heterocycles. The molecule has 4 atom stereocenters. The number of hydrogen-bond donors (Lipinski definition) is 0. The molecular weight excluding hydrogens is 461 g/mol. The summed E-state index contributed by atoms with van der Waals surface area (Å²) in [7, 11) is 0.423. The number of carbonyl (C=O) groups is 1. The summed E-state index contributed by atoms with van der Waals surface area (Å²) in [6, 6.07) is 2.36. The first-order chi connectivity index (χ1) is 13.5. The highest BCUT2D eigenvalue weighted by atomic mass is 79.9. The summed E-state index contributed by atoms with van der Waals surface area (Å²) in [5.41, 5.74) is 0.324. The van der Waals surface area contributed by atoms with Gasteiger partial charge in [0.05, 0.1) is 30.7 Å². The Morgan fingerprint density at radius 1 is 1.34 bits per heavy atom. The van der Waals surface area contributed by atoms with E-state index in [9.17, 15) is 9.18 Å². The number of rotatable bonds is 6. The number of halogens is 2.